The van der Waals surface area contributed by atoms with Crippen LogP contribution in [0.1, 0.15) is 39.9 Å². The number of ether oxygens (including phenoxy) is 1. The van der Waals surface area contributed by atoms with Gasteiger partial charge in [0.1, 0.15) is 6.10 Å². The van der Waals surface area contributed by atoms with Gasteiger partial charge in [0.15, 0.2) is 5.78 Å². The van der Waals surface area contributed by atoms with Crippen molar-refractivity contribution in [2.75, 3.05) is 6.61 Å². The monoisotopic (exact) mass is 330 g/mol. The van der Waals surface area contributed by atoms with Crippen molar-refractivity contribution in [3.8, 4) is 0 Å². The molecule has 0 aromatic heterocycles. The number of cyclic esters (lactones) is 1. The molecule has 2 atom stereocenters. The molecule has 128 valence electrons. The minimum absolute atomic E-state index is 0.0994. The SMILES string of the molecule is Cc1cc(C)c2c(c1)/C=C/C[C@H](O)C(O)C(=O)/C=C\CCOC2=O. The molecule has 0 radical (unpaired) electrons. The van der Waals surface area contributed by atoms with Gasteiger partial charge in [-0.1, -0.05) is 35.9 Å². The number of carbonyl (C=O) groups is 2. The standard InChI is InChI=1S/C19H22O5/c1-12-10-13(2)17-14(11-12)6-5-8-16(21)18(22)15(20)7-3-4-9-24-19(17)23/h3,5-7,10-11,16,18,21-22H,4,8-9H2,1-2H3/b6-5+,7-3-/t16-,18?/m0/s1. The smallest absolute Gasteiger partial charge is 0.339 e. The summed E-state index contributed by atoms with van der Waals surface area (Å²) in [5, 5.41) is 19.7. The fourth-order valence-corrected chi connectivity index (χ4v) is 2.65. The lowest BCUT2D eigenvalue weighted by Gasteiger charge is -2.14. The second kappa shape index (κ2) is 8.04. The molecule has 2 rings (SSSR count). The minimum Gasteiger partial charge on any atom is -0.462 e. The van der Waals surface area contributed by atoms with Crippen LogP contribution in [0.4, 0.5) is 0 Å². The van der Waals surface area contributed by atoms with E-state index < -0.39 is 24.0 Å². The topological polar surface area (TPSA) is 83.8 Å². The number of hydrogen-bond acceptors (Lipinski definition) is 5. The zero-order valence-electron chi connectivity index (χ0n) is 13.9. The zero-order valence-corrected chi connectivity index (χ0v) is 13.9. The summed E-state index contributed by atoms with van der Waals surface area (Å²) in [4.78, 5) is 24.1. The Hall–Kier alpha value is -2.24. The van der Waals surface area contributed by atoms with Crippen LogP contribution in [0.3, 0.4) is 0 Å². The normalized spacial score (nSPS) is 25.3. The minimum atomic E-state index is -1.46. The van der Waals surface area contributed by atoms with E-state index in [-0.39, 0.29) is 13.0 Å². The number of esters is 1. The predicted octanol–water partition coefficient (Wildman–Crippen LogP) is 2.11. The highest BCUT2D eigenvalue weighted by molar-refractivity contribution is 5.95. The van der Waals surface area contributed by atoms with Crippen LogP contribution < -0.4 is 0 Å². The lowest BCUT2D eigenvalue weighted by molar-refractivity contribution is -0.127. The quantitative estimate of drug-likeness (QED) is 0.712. The molecule has 1 aliphatic rings. The van der Waals surface area contributed by atoms with Crippen LogP contribution in [0.5, 0.6) is 0 Å². The van der Waals surface area contributed by atoms with Gasteiger partial charge < -0.3 is 14.9 Å². The number of aliphatic hydroxyl groups is 2. The molecule has 1 aromatic carbocycles. The van der Waals surface area contributed by atoms with E-state index >= 15 is 0 Å². The van der Waals surface area contributed by atoms with E-state index in [1.54, 1.807) is 12.2 Å². The van der Waals surface area contributed by atoms with E-state index in [4.69, 9.17) is 4.74 Å². The average Bonchev–Trinajstić information content (AvgIpc) is 2.51. The first-order valence-corrected chi connectivity index (χ1v) is 7.91. The number of carbonyl (C=O) groups excluding carboxylic acids is 2. The van der Waals surface area contributed by atoms with Crippen molar-refractivity contribution in [1.82, 2.24) is 0 Å². The van der Waals surface area contributed by atoms with E-state index in [0.717, 1.165) is 11.1 Å². The molecule has 2 N–H and O–H groups in total. The van der Waals surface area contributed by atoms with Gasteiger partial charge in [-0.15, -0.1) is 0 Å². The summed E-state index contributed by atoms with van der Waals surface area (Å²) >= 11 is 0. The van der Waals surface area contributed by atoms with E-state index in [0.29, 0.717) is 17.5 Å². The Labute approximate surface area is 141 Å². The van der Waals surface area contributed by atoms with Crippen molar-refractivity contribution in [2.45, 2.75) is 38.9 Å². The van der Waals surface area contributed by atoms with Crippen molar-refractivity contribution in [3.63, 3.8) is 0 Å². The fraction of sp³-hybridized carbons (Fsp3) is 0.368. The van der Waals surface area contributed by atoms with Crippen LogP contribution in [0, 0.1) is 13.8 Å². The van der Waals surface area contributed by atoms with Gasteiger partial charge in [0.2, 0.25) is 0 Å². The van der Waals surface area contributed by atoms with Crippen LogP contribution in [0.25, 0.3) is 6.08 Å². The van der Waals surface area contributed by atoms with Gasteiger partial charge in [-0.25, -0.2) is 4.79 Å². The maximum Gasteiger partial charge on any atom is 0.339 e. The summed E-state index contributed by atoms with van der Waals surface area (Å²) in [7, 11) is 0. The number of fused-ring (bicyclic) bond motifs is 1. The van der Waals surface area contributed by atoms with Crippen molar-refractivity contribution in [3.05, 3.63) is 52.6 Å². The maximum atomic E-state index is 12.4. The first-order valence-electron chi connectivity index (χ1n) is 7.91. The maximum absolute atomic E-state index is 12.4. The number of aliphatic hydroxyl groups excluding tert-OH is 2. The summed E-state index contributed by atoms with van der Waals surface area (Å²) in [6.45, 7) is 3.92. The number of ketones is 1. The lowest BCUT2D eigenvalue weighted by Crippen LogP contribution is -2.32. The van der Waals surface area contributed by atoms with E-state index in [1.807, 2.05) is 26.0 Å². The fourth-order valence-electron chi connectivity index (χ4n) is 2.65. The summed E-state index contributed by atoms with van der Waals surface area (Å²) in [5.74, 6) is -0.976. The molecule has 0 bridgehead atoms. The van der Waals surface area contributed by atoms with Gasteiger partial charge >= 0.3 is 5.97 Å². The third-order valence-electron chi connectivity index (χ3n) is 3.85. The summed E-state index contributed by atoms with van der Waals surface area (Å²) < 4.78 is 5.27. The van der Waals surface area contributed by atoms with Crippen molar-refractivity contribution in [2.24, 2.45) is 0 Å². The molecule has 1 aromatic rings. The Morgan fingerprint density at radius 3 is 2.58 bits per heavy atom. The Morgan fingerprint density at radius 1 is 1.08 bits per heavy atom. The molecular formula is C19H22O5. The van der Waals surface area contributed by atoms with Crippen molar-refractivity contribution in [1.29, 1.82) is 0 Å². The van der Waals surface area contributed by atoms with Crippen LogP contribution in [0.15, 0.2) is 30.4 Å². The molecule has 0 amide bonds. The highest BCUT2D eigenvalue weighted by atomic mass is 16.5. The Morgan fingerprint density at radius 2 is 1.83 bits per heavy atom. The molecule has 0 saturated carbocycles. The Balaban J connectivity index is 2.38. The van der Waals surface area contributed by atoms with Gasteiger partial charge in [0, 0.05) is 0 Å². The Kier molecular flexibility index (Phi) is 6.06. The molecule has 1 aliphatic heterocycles. The zero-order chi connectivity index (χ0) is 17.7. The molecular weight excluding hydrogens is 308 g/mol. The largest absolute Gasteiger partial charge is 0.462 e. The number of aryl methyl sites for hydroxylation is 2. The molecule has 0 aliphatic carbocycles. The third kappa shape index (κ3) is 4.40. The van der Waals surface area contributed by atoms with E-state index in [2.05, 4.69) is 0 Å². The van der Waals surface area contributed by atoms with Gasteiger partial charge in [-0.2, -0.15) is 0 Å². The summed E-state index contributed by atoms with van der Waals surface area (Å²) in [5.41, 5.74) is 3.00. The highest BCUT2D eigenvalue weighted by Gasteiger charge is 2.21. The Bertz CT molecular complexity index is 687. The van der Waals surface area contributed by atoms with Gasteiger partial charge in [0.05, 0.1) is 18.3 Å². The predicted molar refractivity (Wildman–Crippen MR) is 90.6 cm³/mol. The van der Waals surface area contributed by atoms with Gasteiger partial charge in [0.25, 0.3) is 0 Å². The second-order valence-corrected chi connectivity index (χ2v) is 5.93. The lowest BCUT2D eigenvalue weighted by atomic mass is 9.97. The molecule has 5 nitrogen and oxygen atoms in total. The molecule has 1 heterocycles. The second-order valence-electron chi connectivity index (χ2n) is 5.93. The van der Waals surface area contributed by atoms with Crippen LogP contribution in [-0.2, 0) is 9.53 Å². The van der Waals surface area contributed by atoms with Crippen molar-refractivity contribution < 1.29 is 24.5 Å². The molecule has 0 spiro atoms. The van der Waals surface area contributed by atoms with Gasteiger partial charge in [-0.3, -0.25) is 4.79 Å². The first-order chi connectivity index (χ1) is 11.4. The van der Waals surface area contributed by atoms with E-state index in [9.17, 15) is 19.8 Å². The van der Waals surface area contributed by atoms with Gasteiger partial charge in [-0.05, 0) is 43.9 Å². The molecule has 0 saturated heterocycles. The number of hydrogen-bond donors (Lipinski definition) is 2. The molecule has 5 heteroatoms. The summed E-state index contributed by atoms with van der Waals surface area (Å²) in [6.07, 6.45) is 3.88. The number of benzene rings is 1. The molecule has 1 unspecified atom stereocenters. The molecule has 0 fully saturated rings. The van der Waals surface area contributed by atoms with Crippen LogP contribution in [0.2, 0.25) is 0 Å². The van der Waals surface area contributed by atoms with Crippen LogP contribution >= 0.6 is 0 Å². The first kappa shape index (κ1) is 18.1. The number of rotatable bonds is 0. The van der Waals surface area contributed by atoms with Crippen LogP contribution in [-0.4, -0.2) is 40.8 Å². The highest BCUT2D eigenvalue weighted by Crippen LogP contribution is 2.21. The van der Waals surface area contributed by atoms with Crippen molar-refractivity contribution >= 4 is 17.8 Å². The molecule has 24 heavy (non-hydrogen) atoms. The third-order valence-corrected chi connectivity index (χ3v) is 3.85. The summed E-state index contributed by atoms with van der Waals surface area (Å²) in [6, 6.07) is 3.77. The van der Waals surface area contributed by atoms with E-state index in [1.165, 1.54) is 12.2 Å². The average molecular weight is 330 g/mol.